The molecule has 1 aliphatic rings. The number of carboxylic acid groups (broad SMARTS) is 1. The van der Waals surface area contributed by atoms with Crippen molar-refractivity contribution in [3.05, 3.63) is 23.8 Å². The Balaban J connectivity index is 2.45. The maximum Gasteiger partial charge on any atom is 0.246 e. The van der Waals surface area contributed by atoms with E-state index < -0.39 is 28.5 Å². The zero-order valence-electron chi connectivity index (χ0n) is 11.2. The van der Waals surface area contributed by atoms with Crippen LogP contribution < -0.4 is 19.9 Å². The van der Waals surface area contributed by atoms with Gasteiger partial charge in [0, 0.05) is 19.4 Å². The summed E-state index contributed by atoms with van der Waals surface area (Å²) in [6.07, 6.45) is -1.63. The van der Waals surface area contributed by atoms with Gasteiger partial charge in [0.15, 0.2) is 22.1 Å². The van der Waals surface area contributed by atoms with Gasteiger partial charge in [0.05, 0.1) is 0 Å². The normalized spacial score (nSPS) is 16.6. The number of alkyl halides is 2. The highest BCUT2D eigenvalue weighted by molar-refractivity contribution is 6.54. The van der Waals surface area contributed by atoms with Crippen molar-refractivity contribution in [1.29, 1.82) is 0 Å². The van der Waals surface area contributed by atoms with Crippen molar-refractivity contribution in [3.63, 3.8) is 0 Å². The number of ketones is 1. The molecule has 0 spiro atoms. The van der Waals surface area contributed by atoms with Crippen LogP contribution >= 0.6 is 23.2 Å². The summed E-state index contributed by atoms with van der Waals surface area (Å²) in [6.45, 7) is 3.37. The predicted octanol–water partition coefficient (Wildman–Crippen LogP) is 1.54. The van der Waals surface area contributed by atoms with Gasteiger partial charge < -0.3 is 24.7 Å². The molecule has 21 heavy (non-hydrogen) atoms. The van der Waals surface area contributed by atoms with Gasteiger partial charge in [-0.2, -0.15) is 0 Å². The molecule has 1 amide bonds. The largest absolute Gasteiger partial charge is 0.530 e. The topological polar surface area (TPSA) is 87.7 Å². The van der Waals surface area contributed by atoms with Crippen LogP contribution in [0.2, 0.25) is 0 Å². The third-order valence-corrected chi connectivity index (χ3v) is 3.22. The van der Waals surface area contributed by atoms with Crippen molar-refractivity contribution in [1.82, 2.24) is 5.32 Å². The number of rotatable bonds is 4. The van der Waals surface area contributed by atoms with Crippen LogP contribution in [-0.2, 0) is 4.79 Å². The molecule has 0 aromatic heterocycles. The number of amides is 1. The fraction of sp³-hybridized carbons (Fsp3) is 0.385. The number of Topliss-reactive ketones (excluding diaryl/α,β-unsaturated/α-hetero) is 1. The number of benzene rings is 1. The van der Waals surface area contributed by atoms with Gasteiger partial charge in [-0.1, -0.05) is 35.3 Å². The summed E-state index contributed by atoms with van der Waals surface area (Å²) in [5.74, 6) is -0.988. The fourth-order valence-corrected chi connectivity index (χ4v) is 2.28. The lowest BCUT2D eigenvalue weighted by atomic mass is 10.0. The molecule has 0 aliphatic carbocycles. The zero-order valence-corrected chi connectivity index (χ0v) is 12.7. The third kappa shape index (κ3) is 3.33. The lowest BCUT2D eigenvalue weighted by Crippen LogP contribution is -2.43. The van der Waals surface area contributed by atoms with E-state index in [0.717, 1.165) is 0 Å². The molecule has 0 saturated carbocycles. The molecule has 0 bridgehead atoms. The second-order valence-corrected chi connectivity index (χ2v) is 5.94. The zero-order chi connectivity index (χ0) is 15.8. The van der Waals surface area contributed by atoms with Gasteiger partial charge in [-0.25, -0.2) is 0 Å². The number of nitrogens with one attached hydrogen (secondary N) is 1. The van der Waals surface area contributed by atoms with Gasteiger partial charge >= 0.3 is 0 Å². The van der Waals surface area contributed by atoms with E-state index in [1.165, 1.54) is 6.07 Å². The van der Waals surface area contributed by atoms with Gasteiger partial charge in [0.2, 0.25) is 5.79 Å². The maximum absolute atomic E-state index is 12.0. The number of halogens is 2. The monoisotopic (exact) mass is 332 g/mol. The Kier molecular flexibility index (Phi) is 4.20. The molecule has 1 unspecified atom stereocenters. The van der Waals surface area contributed by atoms with Crippen molar-refractivity contribution in [2.24, 2.45) is 0 Å². The molecular weight excluding hydrogens is 321 g/mol. The standard InChI is InChI=1S/C13H13Cl2NO5/c1-13(2)20-7-5-3-4-6(10(7)21-13)8(16-12(18)19)9(17)11(14)15/h3-5,8,11,16H,1-2H3,(H,18,19)/p-1. The van der Waals surface area contributed by atoms with Gasteiger partial charge in [0.1, 0.15) is 12.1 Å². The van der Waals surface area contributed by atoms with Crippen LogP contribution in [0.3, 0.4) is 0 Å². The minimum absolute atomic E-state index is 0.263. The number of carbonyl (C=O) groups is 2. The summed E-state index contributed by atoms with van der Waals surface area (Å²) in [4.78, 5) is 21.4. The molecule has 1 aliphatic heterocycles. The predicted molar refractivity (Wildman–Crippen MR) is 73.6 cm³/mol. The van der Waals surface area contributed by atoms with Crippen molar-refractivity contribution in [2.75, 3.05) is 0 Å². The highest BCUT2D eigenvalue weighted by Gasteiger charge is 2.37. The van der Waals surface area contributed by atoms with Crippen LogP contribution in [0.15, 0.2) is 18.2 Å². The van der Waals surface area contributed by atoms with Crippen molar-refractivity contribution in [2.45, 2.75) is 30.5 Å². The Morgan fingerprint density at radius 2 is 1.95 bits per heavy atom. The van der Waals surface area contributed by atoms with E-state index >= 15 is 0 Å². The molecule has 1 aromatic carbocycles. The Morgan fingerprint density at radius 3 is 2.52 bits per heavy atom. The van der Waals surface area contributed by atoms with E-state index in [-0.39, 0.29) is 11.3 Å². The molecule has 1 N–H and O–H groups in total. The average molecular weight is 333 g/mol. The van der Waals surface area contributed by atoms with Crippen molar-refractivity contribution >= 4 is 35.1 Å². The molecule has 6 nitrogen and oxygen atoms in total. The third-order valence-electron chi connectivity index (χ3n) is 2.79. The first-order chi connectivity index (χ1) is 9.71. The molecule has 114 valence electrons. The first-order valence-corrected chi connectivity index (χ1v) is 6.89. The smallest absolute Gasteiger partial charge is 0.246 e. The summed E-state index contributed by atoms with van der Waals surface area (Å²) in [7, 11) is 0. The van der Waals surface area contributed by atoms with Crippen LogP contribution in [0.4, 0.5) is 4.79 Å². The number of hydrogen-bond donors (Lipinski definition) is 1. The van der Waals surface area contributed by atoms with Gasteiger partial charge in [-0.05, 0) is 6.07 Å². The first kappa shape index (κ1) is 15.7. The maximum atomic E-state index is 12.0. The van der Waals surface area contributed by atoms with Crippen molar-refractivity contribution in [3.8, 4) is 11.5 Å². The number of fused-ring (bicyclic) bond motifs is 1. The van der Waals surface area contributed by atoms with Crippen LogP contribution in [0, 0.1) is 0 Å². The Labute approximate surface area is 130 Å². The molecule has 0 radical (unpaired) electrons. The molecule has 8 heteroatoms. The quantitative estimate of drug-likeness (QED) is 0.845. The SMILES string of the molecule is CC1(C)Oc2cccc(C(NC(=O)[O-])C(=O)C(Cl)Cl)c2O1. The van der Waals surface area contributed by atoms with Crippen LogP contribution in [0.5, 0.6) is 11.5 Å². The molecule has 1 heterocycles. The van der Waals surface area contributed by atoms with Crippen molar-refractivity contribution < 1.29 is 24.2 Å². The lowest BCUT2D eigenvalue weighted by Gasteiger charge is -2.22. The molecule has 1 aromatic rings. The second kappa shape index (κ2) is 5.61. The Hall–Kier alpha value is -1.66. The van der Waals surface area contributed by atoms with E-state index in [9.17, 15) is 14.7 Å². The summed E-state index contributed by atoms with van der Waals surface area (Å²) < 4.78 is 11.1. The number of ether oxygens (including phenoxy) is 2. The number of hydrogen-bond acceptors (Lipinski definition) is 5. The molecule has 0 fully saturated rings. The van der Waals surface area contributed by atoms with Gasteiger partial charge in [-0.3, -0.25) is 4.79 Å². The average Bonchev–Trinajstić information content (AvgIpc) is 2.68. The highest BCUT2D eigenvalue weighted by Crippen LogP contribution is 2.44. The summed E-state index contributed by atoms with van der Waals surface area (Å²) in [5.41, 5.74) is 0.263. The summed E-state index contributed by atoms with van der Waals surface area (Å²) in [5, 5.41) is 12.8. The number of carbonyl (C=O) groups excluding carboxylic acids is 2. The molecule has 1 atom stereocenters. The van der Waals surface area contributed by atoms with Crippen LogP contribution in [0.1, 0.15) is 25.5 Å². The summed E-state index contributed by atoms with van der Waals surface area (Å²) >= 11 is 11.1. The summed E-state index contributed by atoms with van der Waals surface area (Å²) in [6, 6.07) is 3.47. The van der Waals surface area contributed by atoms with Crippen LogP contribution in [-0.4, -0.2) is 22.5 Å². The van der Waals surface area contributed by atoms with E-state index in [2.05, 4.69) is 0 Å². The van der Waals surface area contributed by atoms with E-state index in [1.807, 2.05) is 5.32 Å². The molecular formula is C13H12Cl2NO5-. The van der Waals surface area contributed by atoms with Gasteiger partial charge in [0.25, 0.3) is 0 Å². The lowest BCUT2D eigenvalue weighted by molar-refractivity contribution is -0.251. The highest BCUT2D eigenvalue weighted by atomic mass is 35.5. The van der Waals surface area contributed by atoms with E-state index in [0.29, 0.717) is 5.75 Å². The minimum atomic E-state index is -1.63. The minimum Gasteiger partial charge on any atom is -0.530 e. The second-order valence-electron chi connectivity index (χ2n) is 4.85. The Morgan fingerprint density at radius 1 is 1.29 bits per heavy atom. The Bertz CT molecular complexity index is 588. The molecule has 0 saturated heterocycles. The first-order valence-electron chi connectivity index (χ1n) is 6.01. The number of para-hydroxylation sites is 1. The molecule has 2 rings (SSSR count). The van der Waals surface area contributed by atoms with E-state index in [1.54, 1.807) is 26.0 Å². The van der Waals surface area contributed by atoms with E-state index in [4.69, 9.17) is 32.7 Å². The van der Waals surface area contributed by atoms with Gasteiger partial charge in [-0.15, -0.1) is 0 Å². The van der Waals surface area contributed by atoms with Crippen LogP contribution in [0.25, 0.3) is 0 Å². The fourth-order valence-electron chi connectivity index (χ4n) is 2.03.